The quantitative estimate of drug-likeness (QED) is 0.315. The van der Waals surface area contributed by atoms with E-state index in [9.17, 15) is 14.9 Å². The van der Waals surface area contributed by atoms with E-state index in [-0.39, 0.29) is 18.0 Å². The maximum Gasteiger partial charge on any atom is 0.262 e. The highest BCUT2D eigenvalue weighted by Gasteiger charge is 2.13. The molecule has 0 aliphatic rings. The van der Waals surface area contributed by atoms with Gasteiger partial charge in [0.05, 0.1) is 13.2 Å². The molecule has 2 aromatic heterocycles. The molecule has 0 saturated carbocycles. The molecule has 0 fully saturated rings. The van der Waals surface area contributed by atoms with Crippen molar-refractivity contribution in [2.45, 2.75) is 13.1 Å². The minimum atomic E-state index is -0.431. The van der Waals surface area contributed by atoms with Crippen LogP contribution in [0.3, 0.4) is 0 Å². The Morgan fingerprint density at radius 3 is 2.80 bits per heavy atom. The van der Waals surface area contributed by atoms with Crippen molar-refractivity contribution in [1.29, 1.82) is 5.26 Å². The van der Waals surface area contributed by atoms with E-state index in [0.717, 1.165) is 15.8 Å². The fourth-order valence-electron chi connectivity index (χ4n) is 3.00. The summed E-state index contributed by atoms with van der Waals surface area (Å²) in [6.07, 6.45) is 3.34. The van der Waals surface area contributed by atoms with Gasteiger partial charge in [-0.1, -0.05) is 24.3 Å². The number of carbonyl (C=O) groups is 2. The lowest BCUT2D eigenvalue weighted by Crippen LogP contribution is -2.30. The first-order valence-corrected chi connectivity index (χ1v) is 10.3. The topological polar surface area (TPSA) is 96.2 Å². The summed E-state index contributed by atoms with van der Waals surface area (Å²) in [5.41, 5.74) is 1.57. The summed E-state index contributed by atoms with van der Waals surface area (Å²) >= 11 is 1.54. The lowest BCUT2D eigenvalue weighted by molar-refractivity contribution is -0.121. The molecule has 0 spiro atoms. The molecule has 30 heavy (non-hydrogen) atoms. The van der Waals surface area contributed by atoms with Gasteiger partial charge in [0.25, 0.3) is 5.91 Å². The highest BCUT2D eigenvalue weighted by atomic mass is 32.1. The molecule has 0 aliphatic carbocycles. The largest absolute Gasteiger partial charge is 0.383 e. The number of amides is 2. The van der Waals surface area contributed by atoms with Crippen LogP contribution in [0, 0.1) is 11.3 Å². The van der Waals surface area contributed by atoms with Crippen LogP contribution in [0.4, 0.5) is 0 Å². The van der Waals surface area contributed by atoms with Crippen molar-refractivity contribution in [3.8, 4) is 6.07 Å². The number of methoxy groups -OCH3 is 1. The third kappa shape index (κ3) is 5.35. The average molecular weight is 423 g/mol. The molecule has 0 radical (unpaired) electrons. The Morgan fingerprint density at radius 1 is 1.23 bits per heavy atom. The van der Waals surface area contributed by atoms with Crippen molar-refractivity contribution in [1.82, 2.24) is 15.2 Å². The number of nitrogens with zero attached hydrogens (tertiary/aromatic N) is 2. The van der Waals surface area contributed by atoms with Crippen LogP contribution in [0.5, 0.6) is 0 Å². The standard InChI is InChI=1S/C22H22N4O3S/c1-29-9-8-24-21(27)15-26-14-17(19-6-2-3-7-20(19)26)11-16(12-23)22(28)25-13-18-5-4-10-30-18/h2-7,10-11,14H,8-9,13,15H2,1H3,(H,24,27)(H,25,28)/b16-11-. The molecule has 2 N–H and O–H groups in total. The normalized spacial score (nSPS) is 11.3. The third-order valence-electron chi connectivity index (χ3n) is 4.43. The van der Waals surface area contributed by atoms with Crippen LogP contribution in [0.2, 0.25) is 0 Å². The number of hydrogen-bond donors (Lipinski definition) is 2. The first-order valence-electron chi connectivity index (χ1n) is 9.38. The minimum absolute atomic E-state index is 0.0130. The van der Waals surface area contributed by atoms with Crippen LogP contribution < -0.4 is 10.6 Å². The van der Waals surface area contributed by atoms with E-state index in [4.69, 9.17) is 4.74 Å². The lowest BCUT2D eigenvalue weighted by Gasteiger charge is -2.06. The second-order valence-corrected chi connectivity index (χ2v) is 7.54. The number of hydrogen-bond acceptors (Lipinski definition) is 5. The molecule has 0 saturated heterocycles. The fourth-order valence-corrected chi connectivity index (χ4v) is 3.65. The van der Waals surface area contributed by atoms with E-state index < -0.39 is 5.91 Å². The first-order chi connectivity index (χ1) is 14.6. The molecule has 8 heteroatoms. The van der Waals surface area contributed by atoms with Gasteiger partial charge in [-0.15, -0.1) is 11.3 Å². The molecule has 3 aromatic rings. The molecule has 2 amide bonds. The number of para-hydroxylation sites is 1. The van der Waals surface area contributed by atoms with Crippen molar-refractivity contribution in [3.63, 3.8) is 0 Å². The SMILES string of the molecule is COCCNC(=O)Cn1cc(/C=C(/C#N)C(=O)NCc2cccs2)c2ccccc21. The maximum absolute atomic E-state index is 12.5. The van der Waals surface area contributed by atoms with Crippen LogP contribution in [0.15, 0.2) is 53.5 Å². The van der Waals surface area contributed by atoms with Crippen LogP contribution in [-0.2, 0) is 27.4 Å². The molecule has 2 heterocycles. The molecule has 0 aliphatic heterocycles. The van der Waals surface area contributed by atoms with Gasteiger partial charge in [0.15, 0.2) is 0 Å². The summed E-state index contributed by atoms with van der Waals surface area (Å²) < 4.78 is 6.75. The van der Waals surface area contributed by atoms with Gasteiger partial charge >= 0.3 is 0 Å². The summed E-state index contributed by atoms with van der Waals surface area (Å²) in [4.78, 5) is 25.7. The number of aromatic nitrogens is 1. The number of benzene rings is 1. The summed E-state index contributed by atoms with van der Waals surface area (Å²) in [7, 11) is 1.58. The summed E-state index contributed by atoms with van der Waals surface area (Å²) in [6.45, 7) is 1.38. The van der Waals surface area contributed by atoms with Gasteiger partial charge in [-0.2, -0.15) is 5.26 Å². The van der Waals surface area contributed by atoms with Crippen molar-refractivity contribution >= 4 is 40.1 Å². The van der Waals surface area contributed by atoms with E-state index >= 15 is 0 Å². The Morgan fingerprint density at radius 2 is 2.07 bits per heavy atom. The lowest BCUT2D eigenvalue weighted by atomic mass is 10.1. The van der Waals surface area contributed by atoms with E-state index in [1.54, 1.807) is 19.4 Å². The molecule has 0 atom stereocenters. The molecule has 3 rings (SSSR count). The van der Waals surface area contributed by atoms with Gasteiger partial charge in [0.1, 0.15) is 18.2 Å². The molecular formula is C22H22N4O3S. The zero-order valence-electron chi connectivity index (χ0n) is 16.6. The van der Waals surface area contributed by atoms with E-state index in [1.807, 2.05) is 52.4 Å². The van der Waals surface area contributed by atoms with Crippen molar-refractivity contribution in [2.24, 2.45) is 0 Å². The number of fused-ring (bicyclic) bond motifs is 1. The monoisotopic (exact) mass is 422 g/mol. The number of rotatable bonds is 9. The summed E-state index contributed by atoms with van der Waals surface area (Å²) in [5, 5.41) is 17.9. The predicted molar refractivity (Wildman–Crippen MR) is 117 cm³/mol. The maximum atomic E-state index is 12.5. The number of carbonyl (C=O) groups excluding carboxylic acids is 2. The second kappa shape index (κ2) is 10.4. The van der Waals surface area contributed by atoms with Gasteiger partial charge < -0.3 is 19.9 Å². The van der Waals surface area contributed by atoms with Crippen molar-refractivity contribution in [2.75, 3.05) is 20.3 Å². The number of thiophene rings is 1. The van der Waals surface area contributed by atoms with Gasteiger partial charge in [0, 0.05) is 41.2 Å². The summed E-state index contributed by atoms with van der Waals surface area (Å²) in [5.74, 6) is -0.572. The zero-order valence-corrected chi connectivity index (χ0v) is 17.4. The van der Waals surface area contributed by atoms with Crippen LogP contribution in [0.1, 0.15) is 10.4 Å². The van der Waals surface area contributed by atoms with Crippen molar-refractivity contribution in [3.05, 3.63) is 64.0 Å². The Bertz CT molecular complexity index is 1090. The van der Waals surface area contributed by atoms with Gasteiger partial charge in [0.2, 0.25) is 5.91 Å². The molecule has 0 bridgehead atoms. The smallest absolute Gasteiger partial charge is 0.262 e. The number of nitrogens with one attached hydrogen (secondary N) is 2. The Labute approximate surface area is 178 Å². The van der Waals surface area contributed by atoms with Gasteiger partial charge in [-0.3, -0.25) is 9.59 Å². The number of ether oxygens (including phenoxy) is 1. The fraction of sp³-hybridized carbons (Fsp3) is 0.227. The molecule has 0 unspecified atom stereocenters. The molecule has 154 valence electrons. The zero-order chi connectivity index (χ0) is 21.3. The van der Waals surface area contributed by atoms with Gasteiger partial charge in [-0.25, -0.2) is 0 Å². The molecule has 7 nitrogen and oxygen atoms in total. The highest BCUT2D eigenvalue weighted by molar-refractivity contribution is 7.09. The van der Waals surface area contributed by atoms with Crippen LogP contribution in [0.25, 0.3) is 17.0 Å². The van der Waals surface area contributed by atoms with E-state index in [1.165, 1.54) is 11.3 Å². The Balaban J connectivity index is 1.81. The predicted octanol–water partition coefficient (Wildman–Crippen LogP) is 2.69. The molecular weight excluding hydrogens is 400 g/mol. The molecule has 1 aromatic carbocycles. The van der Waals surface area contributed by atoms with Gasteiger partial charge in [-0.05, 0) is 23.6 Å². The minimum Gasteiger partial charge on any atom is -0.383 e. The highest BCUT2D eigenvalue weighted by Crippen LogP contribution is 2.23. The summed E-state index contributed by atoms with van der Waals surface area (Å²) in [6, 6.07) is 13.4. The van der Waals surface area contributed by atoms with E-state index in [2.05, 4.69) is 10.6 Å². The van der Waals surface area contributed by atoms with Crippen LogP contribution in [-0.4, -0.2) is 36.6 Å². The first kappa shape index (κ1) is 21.3. The van der Waals surface area contributed by atoms with Crippen molar-refractivity contribution < 1.29 is 14.3 Å². The Kier molecular flexibility index (Phi) is 7.38. The second-order valence-electron chi connectivity index (χ2n) is 6.50. The Hall–Kier alpha value is -3.41. The average Bonchev–Trinajstić information content (AvgIpc) is 3.39. The van der Waals surface area contributed by atoms with Crippen LogP contribution >= 0.6 is 11.3 Å². The number of nitriles is 1. The van der Waals surface area contributed by atoms with E-state index in [0.29, 0.717) is 25.3 Å². The third-order valence-corrected chi connectivity index (χ3v) is 5.31.